The third-order valence-corrected chi connectivity index (χ3v) is 6.14. The summed E-state index contributed by atoms with van der Waals surface area (Å²) >= 11 is 0. The molecule has 0 aliphatic carbocycles. The van der Waals surface area contributed by atoms with Gasteiger partial charge >= 0.3 is 0 Å². The van der Waals surface area contributed by atoms with Crippen LogP contribution in [0.4, 0.5) is 0 Å². The highest BCUT2D eigenvalue weighted by Crippen LogP contribution is 2.14. The highest BCUT2D eigenvalue weighted by Gasteiger charge is 2.08. The topological polar surface area (TPSA) is 29.1 Å². The molecule has 28 heavy (non-hydrogen) atoms. The van der Waals surface area contributed by atoms with Gasteiger partial charge in [-0.2, -0.15) is 0 Å². The molecule has 0 bridgehead atoms. The van der Waals surface area contributed by atoms with Crippen molar-refractivity contribution in [2.75, 3.05) is 6.54 Å². The Kier molecular flexibility index (Phi) is 22.3. The number of carbonyl (C=O) groups is 1. The first-order valence-corrected chi connectivity index (χ1v) is 13.0. The second-order valence-electron chi connectivity index (χ2n) is 8.92. The first-order chi connectivity index (χ1) is 13.7. The number of nitrogens with one attached hydrogen (secondary N) is 1. The van der Waals surface area contributed by atoms with E-state index in [-0.39, 0.29) is 5.91 Å². The van der Waals surface area contributed by atoms with Crippen LogP contribution in [0.2, 0.25) is 0 Å². The van der Waals surface area contributed by atoms with Gasteiger partial charge in [0.05, 0.1) is 0 Å². The van der Waals surface area contributed by atoms with Gasteiger partial charge in [-0.3, -0.25) is 4.79 Å². The Morgan fingerprint density at radius 1 is 0.607 bits per heavy atom. The van der Waals surface area contributed by atoms with Crippen molar-refractivity contribution in [2.24, 2.45) is 5.92 Å². The average molecular weight is 396 g/mol. The number of unbranched alkanes of at least 4 members (excludes halogenated alkanes) is 15. The van der Waals surface area contributed by atoms with Gasteiger partial charge in [0.2, 0.25) is 5.91 Å². The molecule has 2 nitrogen and oxygen atoms in total. The Morgan fingerprint density at radius 3 is 1.46 bits per heavy atom. The molecule has 1 unspecified atom stereocenters. The maximum Gasteiger partial charge on any atom is 0.220 e. The van der Waals surface area contributed by atoms with E-state index >= 15 is 0 Å². The van der Waals surface area contributed by atoms with E-state index in [4.69, 9.17) is 0 Å². The van der Waals surface area contributed by atoms with Crippen LogP contribution in [0.5, 0.6) is 0 Å². The van der Waals surface area contributed by atoms with Gasteiger partial charge in [-0.25, -0.2) is 0 Å². The Hall–Kier alpha value is -0.530. The molecule has 1 amide bonds. The highest BCUT2D eigenvalue weighted by atomic mass is 16.1. The molecule has 0 rings (SSSR count). The summed E-state index contributed by atoms with van der Waals surface area (Å²) in [6.07, 6.45) is 26.3. The zero-order valence-electron chi connectivity index (χ0n) is 19.8. The van der Waals surface area contributed by atoms with Crippen molar-refractivity contribution >= 4 is 5.91 Å². The summed E-state index contributed by atoms with van der Waals surface area (Å²) in [5, 5.41) is 3.15. The molecule has 0 spiro atoms. The molecule has 0 heterocycles. The van der Waals surface area contributed by atoms with Gasteiger partial charge in [0.1, 0.15) is 0 Å². The van der Waals surface area contributed by atoms with Crippen molar-refractivity contribution in [3.63, 3.8) is 0 Å². The summed E-state index contributed by atoms with van der Waals surface area (Å²) in [5.74, 6) is 0.939. The fourth-order valence-electron chi connectivity index (χ4n) is 3.95. The lowest BCUT2D eigenvalue weighted by Crippen LogP contribution is -2.28. The lowest BCUT2D eigenvalue weighted by atomic mass is 9.99. The van der Waals surface area contributed by atoms with Gasteiger partial charge in [0.25, 0.3) is 0 Å². The van der Waals surface area contributed by atoms with Crippen LogP contribution in [-0.4, -0.2) is 12.5 Å². The molecule has 0 aromatic heterocycles. The number of carbonyl (C=O) groups excluding carboxylic acids is 1. The molecule has 0 radical (unpaired) electrons. The van der Waals surface area contributed by atoms with Gasteiger partial charge < -0.3 is 5.32 Å². The summed E-state index contributed by atoms with van der Waals surface area (Å²) in [5.41, 5.74) is 0. The van der Waals surface area contributed by atoms with Crippen molar-refractivity contribution < 1.29 is 4.79 Å². The van der Waals surface area contributed by atoms with Crippen molar-refractivity contribution in [1.82, 2.24) is 5.32 Å². The van der Waals surface area contributed by atoms with E-state index in [9.17, 15) is 4.79 Å². The Bertz CT molecular complexity index is 316. The Morgan fingerprint density at radius 2 is 1.04 bits per heavy atom. The smallest absolute Gasteiger partial charge is 0.220 e. The maximum atomic E-state index is 12.0. The van der Waals surface area contributed by atoms with E-state index < -0.39 is 0 Å². The number of amides is 1. The maximum absolute atomic E-state index is 12.0. The molecular formula is C26H53NO. The largest absolute Gasteiger partial charge is 0.356 e. The lowest BCUT2D eigenvalue weighted by Gasteiger charge is -2.15. The Balaban J connectivity index is 3.27. The van der Waals surface area contributed by atoms with Crippen LogP contribution in [-0.2, 0) is 4.79 Å². The van der Waals surface area contributed by atoms with E-state index in [0.29, 0.717) is 5.92 Å². The molecule has 0 saturated carbocycles. The van der Waals surface area contributed by atoms with Crippen molar-refractivity contribution in [1.29, 1.82) is 0 Å². The van der Waals surface area contributed by atoms with Crippen LogP contribution in [0.1, 0.15) is 149 Å². The van der Waals surface area contributed by atoms with Crippen LogP contribution >= 0.6 is 0 Å². The molecule has 0 aromatic rings. The minimum atomic E-state index is 0.268. The third kappa shape index (κ3) is 20.2. The van der Waals surface area contributed by atoms with E-state index in [1.54, 1.807) is 0 Å². The summed E-state index contributed by atoms with van der Waals surface area (Å²) < 4.78 is 0. The van der Waals surface area contributed by atoms with Crippen molar-refractivity contribution in [3.8, 4) is 0 Å². The van der Waals surface area contributed by atoms with Crippen LogP contribution in [0.3, 0.4) is 0 Å². The molecule has 0 fully saturated rings. The highest BCUT2D eigenvalue weighted by molar-refractivity contribution is 5.75. The minimum absolute atomic E-state index is 0.268. The quantitative estimate of drug-likeness (QED) is 0.183. The zero-order valence-corrected chi connectivity index (χ0v) is 19.8. The summed E-state index contributed by atoms with van der Waals surface area (Å²) in [4.78, 5) is 12.0. The minimum Gasteiger partial charge on any atom is -0.356 e. The second kappa shape index (κ2) is 22.8. The van der Waals surface area contributed by atoms with Gasteiger partial charge in [-0.05, 0) is 18.8 Å². The predicted molar refractivity (Wildman–Crippen MR) is 126 cm³/mol. The monoisotopic (exact) mass is 395 g/mol. The van der Waals surface area contributed by atoms with Gasteiger partial charge in [-0.15, -0.1) is 0 Å². The molecule has 1 N–H and O–H groups in total. The van der Waals surface area contributed by atoms with Crippen LogP contribution in [0, 0.1) is 5.92 Å². The van der Waals surface area contributed by atoms with Crippen LogP contribution in [0.25, 0.3) is 0 Å². The fourth-order valence-corrected chi connectivity index (χ4v) is 3.95. The summed E-state index contributed by atoms with van der Waals surface area (Å²) in [6, 6.07) is 0. The first-order valence-electron chi connectivity index (χ1n) is 13.0. The molecule has 0 saturated heterocycles. The second-order valence-corrected chi connectivity index (χ2v) is 8.92. The fraction of sp³-hybridized carbons (Fsp3) is 0.962. The van der Waals surface area contributed by atoms with Gasteiger partial charge in [0.15, 0.2) is 0 Å². The summed E-state index contributed by atoms with van der Waals surface area (Å²) in [7, 11) is 0. The molecule has 0 aromatic carbocycles. The van der Waals surface area contributed by atoms with Crippen molar-refractivity contribution in [2.45, 2.75) is 149 Å². The molecule has 168 valence electrons. The Labute approximate surface area is 178 Å². The predicted octanol–water partition coefficient (Wildman–Crippen LogP) is 8.58. The van der Waals surface area contributed by atoms with E-state index in [2.05, 4.69) is 26.1 Å². The molecule has 0 aliphatic heterocycles. The normalized spacial score (nSPS) is 12.2. The number of hydrogen-bond donors (Lipinski definition) is 1. The molecule has 1 atom stereocenters. The lowest BCUT2D eigenvalue weighted by molar-refractivity contribution is -0.121. The zero-order chi connectivity index (χ0) is 20.7. The van der Waals surface area contributed by atoms with Crippen molar-refractivity contribution in [3.05, 3.63) is 0 Å². The van der Waals surface area contributed by atoms with Gasteiger partial charge in [-0.1, -0.05) is 130 Å². The molecule has 0 aliphatic rings. The van der Waals surface area contributed by atoms with Crippen LogP contribution < -0.4 is 5.32 Å². The van der Waals surface area contributed by atoms with E-state index in [1.165, 1.54) is 116 Å². The number of rotatable bonds is 22. The molecule has 2 heteroatoms. The molecular weight excluding hydrogens is 342 g/mol. The summed E-state index contributed by atoms with van der Waals surface area (Å²) in [6.45, 7) is 7.64. The first kappa shape index (κ1) is 27.5. The van der Waals surface area contributed by atoms with E-state index in [0.717, 1.165) is 19.4 Å². The average Bonchev–Trinajstić information content (AvgIpc) is 2.71. The van der Waals surface area contributed by atoms with E-state index in [1.807, 2.05) is 0 Å². The third-order valence-electron chi connectivity index (χ3n) is 6.14. The van der Waals surface area contributed by atoms with Gasteiger partial charge in [0, 0.05) is 13.0 Å². The van der Waals surface area contributed by atoms with Crippen LogP contribution in [0.15, 0.2) is 0 Å². The SMILES string of the molecule is CCCCCCCCCCCCCCCCCC(=O)NCC(CC)CCCC. The number of hydrogen-bond acceptors (Lipinski definition) is 1. The standard InChI is InChI=1S/C26H53NO/c1-4-7-9-10-11-12-13-14-15-16-17-18-19-20-21-23-26(28)27-24-25(6-3)22-8-5-2/h25H,4-24H2,1-3H3,(H,27,28).